The average Bonchev–Trinajstić information content (AvgIpc) is 2.04. The summed E-state index contributed by atoms with van der Waals surface area (Å²) in [6, 6.07) is 3.76. The van der Waals surface area contributed by atoms with Crippen molar-refractivity contribution in [2.75, 3.05) is 0 Å². The number of hydrogen-bond donors (Lipinski definition) is 1. The molecule has 5 nitrogen and oxygen atoms in total. The van der Waals surface area contributed by atoms with E-state index in [9.17, 15) is 14.9 Å². The quantitative estimate of drug-likeness (QED) is 0.335. The summed E-state index contributed by atoms with van der Waals surface area (Å²) in [4.78, 5) is 19.7. The molecule has 0 fully saturated rings. The second-order valence-electron chi connectivity index (χ2n) is 2.09. The third-order valence-corrected chi connectivity index (χ3v) is 1.37. The third kappa shape index (κ3) is 2.85. The minimum absolute atomic E-state index is 0. The van der Waals surface area contributed by atoms with E-state index < -0.39 is 16.4 Å². The van der Waals surface area contributed by atoms with Crippen molar-refractivity contribution in [3.8, 4) is 5.75 Å². The molecule has 1 rings (SSSR count). The first-order valence-electron chi connectivity index (χ1n) is 3.08. The molecule has 0 unspecified atom stereocenters. The fourth-order valence-electron chi connectivity index (χ4n) is 0.791. The number of carbonyl (C=O) groups is 1. The molecule has 0 spiro atoms. The molecular formula is C7H5KNO4. The predicted octanol–water partition coefficient (Wildman–Crippen LogP) is 0.732. The molecule has 0 saturated carbocycles. The van der Waals surface area contributed by atoms with Crippen molar-refractivity contribution >= 4 is 63.4 Å². The van der Waals surface area contributed by atoms with Crippen LogP contribution in [0.5, 0.6) is 5.75 Å². The van der Waals surface area contributed by atoms with Gasteiger partial charge in [-0.2, -0.15) is 0 Å². The molecule has 0 aromatic heterocycles. The van der Waals surface area contributed by atoms with Crippen LogP contribution in [-0.2, 0) is 0 Å². The van der Waals surface area contributed by atoms with Crippen LogP contribution in [0.1, 0.15) is 10.4 Å². The van der Waals surface area contributed by atoms with Crippen LogP contribution in [0, 0.1) is 10.1 Å². The maximum absolute atomic E-state index is 10.2. The predicted molar refractivity (Wildman–Crippen MR) is 45.9 cm³/mol. The van der Waals surface area contributed by atoms with Gasteiger partial charge in [0.1, 0.15) is 0 Å². The maximum atomic E-state index is 10.2. The van der Waals surface area contributed by atoms with Gasteiger partial charge in [-0.05, 0) is 6.07 Å². The van der Waals surface area contributed by atoms with E-state index in [0.717, 1.165) is 6.07 Å². The monoisotopic (exact) mass is 206 g/mol. The van der Waals surface area contributed by atoms with Crippen LogP contribution in [-0.4, -0.2) is 67.7 Å². The molecule has 1 aromatic carbocycles. The summed E-state index contributed by atoms with van der Waals surface area (Å²) in [7, 11) is 0. The Morgan fingerprint density at radius 2 is 2.08 bits per heavy atom. The summed E-state index contributed by atoms with van der Waals surface area (Å²) < 4.78 is 0. The number of rotatable bonds is 2. The zero-order valence-corrected chi connectivity index (χ0v) is 10.1. The molecule has 13 heavy (non-hydrogen) atoms. The van der Waals surface area contributed by atoms with E-state index in [1.54, 1.807) is 0 Å². The molecule has 0 saturated heterocycles. The van der Waals surface area contributed by atoms with E-state index in [1.165, 1.54) is 12.1 Å². The van der Waals surface area contributed by atoms with Crippen LogP contribution in [0.15, 0.2) is 18.2 Å². The molecule has 6 heteroatoms. The molecule has 0 bridgehead atoms. The van der Waals surface area contributed by atoms with Gasteiger partial charge < -0.3 is 5.11 Å². The minimum Gasteiger partial charge on any atom is -0.502 e. The Morgan fingerprint density at radius 3 is 2.54 bits per heavy atom. The van der Waals surface area contributed by atoms with Gasteiger partial charge >= 0.3 is 5.69 Å². The van der Waals surface area contributed by atoms with E-state index in [1.807, 2.05) is 0 Å². The zero-order valence-electron chi connectivity index (χ0n) is 6.93. The number of phenolic OH excluding ortho intramolecular Hbond substituents is 1. The van der Waals surface area contributed by atoms with Gasteiger partial charge in [0.15, 0.2) is 6.29 Å². The first kappa shape index (κ1) is 12.7. The van der Waals surface area contributed by atoms with Crippen molar-refractivity contribution in [3.05, 3.63) is 33.9 Å². The molecule has 0 atom stereocenters. The number of benzene rings is 1. The zero-order chi connectivity index (χ0) is 9.14. The van der Waals surface area contributed by atoms with E-state index in [-0.39, 0.29) is 56.9 Å². The van der Waals surface area contributed by atoms with Crippen molar-refractivity contribution in [1.29, 1.82) is 0 Å². The molecule has 1 radical (unpaired) electrons. The number of aldehydes is 1. The number of nitrogens with zero attached hydrogens (tertiary/aromatic N) is 1. The summed E-state index contributed by atoms with van der Waals surface area (Å²) in [5.41, 5.74) is -0.538. The van der Waals surface area contributed by atoms with Crippen LogP contribution in [0.25, 0.3) is 0 Å². The van der Waals surface area contributed by atoms with Crippen molar-refractivity contribution in [2.45, 2.75) is 0 Å². The minimum atomic E-state index is -0.748. The normalized spacial score (nSPS) is 8.62. The third-order valence-electron chi connectivity index (χ3n) is 1.37. The Morgan fingerprint density at radius 1 is 1.46 bits per heavy atom. The first-order valence-corrected chi connectivity index (χ1v) is 3.08. The maximum Gasteiger partial charge on any atom is 0.311 e. The molecule has 0 aliphatic rings. The van der Waals surface area contributed by atoms with E-state index in [2.05, 4.69) is 0 Å². The second kappa shape index (κ2) is 5.46. The van der Waals surface area contributed by atoms with Crippen molar-refractivity contribution in [3.63, 3.8) is 0 Å². The van der Waals surface area contributed by atoms with Gasteiger partial charge in [0.25, 0.3) is 0 Å². The molecule has 1 N–H and O–H groups in total. The Hall–Kier alpha value is -0.274. The number of aromatic hydroxyl groups is 1. The number of carbonyl (C=O) groups excluding carboxylic acids is 1. The van der Waals surface area contributed by atoms with Crippen LogP contribution in [0.3, 0.4) is 0 Å². The van der Waals surface area contributed by atoms with Crippen molar-refractivity contribution in [1.82, 2.24) is 0 Å². The number of nitro benzene ring substituents is 1. The average molecular weight is 206 g/mol. The summed E-state index contributed by atoms with van der Waals surface area (Å²) in [6.07, 6.45) is 0.363. The van der Waals surface area contributed by atoms with Gasteiger partial charge in [-0.1, -0.05) is 6.07 Å². The molecular weight excluding hydrogens is 201 g/mol. The number of nitro groups is 1. The molecule has 0 heterocycles. The van der Waals surface area contributed by atoms with E-state index in [4.69, 9.17) is 5.11 Å². The molecule has 0 aliphatic carbocycles. The largest absolute Gasteiger partial charge is 0.502 e. The Balaban J connectivity index is 0.00000144. The van der Waals surface area contributed by atoms with Gasteiger partial charge in [0.05, 0.1) is 10.5 Å². The van der Waals surface area contributed by atoms with Crippen LogP contribution in [0.2, 0.25) is 0 Å². The van der Waals surface area contributed by atoms with Crippen LogP contribution >= 0.6 is 0 Å². The van der Waals surface area contributed by atoms with Gasteiger partial charge in [-0.25, -0.2) is 0 Å². The van der Waals surface area contributed by atoms with Gasteiger partial charge in [-0.3, -0.25) is 14.9 Å². The SMILES string of the molecule is O=Cc1cccc([N+](=O)[O-])c1O.[K]. The smallest absolute Gasteiger partial charge is 0.311 e. The summed E-state index contributed by atoms with van der Waals surface area (Å²) in [5.74, 6) is -0.586. The molecule has 0 aliphatic heterocycles. The number of phenols is 1. The Kier molecular flexibility index (Phi) is 5.34. The van der Waals surface area contributed by atoms with Gasteiger partial charge in [-0.15, -0.1) is 0 Å². The van der Waals surface area contributed by atoms with E-state index in [0.29, 0.717) is 6.29 Å². The second-order valence-corrected chi connectivity index (χ2v) is 2.09. The fraction of sp³-hybridized carbons (Fsp3) is 0. The Labute approximate surface area is 116 Å². The summed E-state index contributed by atoms with van der Waals surface area (Å²) in [6.45, 7) is 0. The van der Waals surface area contributed by atoms with Crippen molar-refractivity contribution in [2.24, 2.45) is 0 Å². The van der Waals surface area contributed by atoms with Crippen molar-refractivity contribution < 1.29 is 14.8 Å². The topological polar surface area (TPSA) is 80.4 Å². The van der Waals surface area contributed by atoms with Crippen LogP contribution in [0.4, 0.5) is 5.69 Å². The van der Waals surface area contributed by atoms with Gasteiger partial charge in [0, 0.05) is 57.5 Å². The number of para-hydroxylation sites is 1. The molecule has 0 amide bonds. The summed E-state index contributed by atoms with van der Waals surface area (Å²) in [5, 5.41) is 19.3. The number of hydrogen-bond acceptors (Lipinski definition) is 4. The first-order chi connectivity index (χ1) is 5.66. The standard InChI is InChI=1S/C7H5NO4.K/c9-4-5-2-1-3-6(7(5)10)8(11)12;/h1-4,10H;. The fourth-order valence-corrected chi connectivity index (χ4v) is 0.791. The van der Waals surface area contributed by atoms with Crippen LogP contribution < -0.4 is 0 Å². The van der Waals surface area contributed by atoms with Gasteiger partial charge in [0.2, 0.25) is 5.75 Å². The molecule has 63 valence electrons. The van der Waals surface area contributed by atoms with E-state index >= 15 is 0 Å². The summed E-state index contributed by atoms with van der Waals surface area (Å²) >= 11 is 0. The Bertz CT molecular complexity index is 339. The molecule has 1 aromatic rings.